The van der Waals surface area contributed by atoms with Gasteiger partial charge in [0.1, 0.15) is 0 Å². The molecule has 2 unspecified atom stereocenters. The van der Waals surface area contributed by atoms with E-state index in [2.05, 4.69) is 25.5 Å². The van der Waals surface area contributed by atoms with Gasteiger partial charge in [0, 0.05) is 12.6 Å². The van der Waals surface area contributed by atoms with Gasteiger partial charge >= 0.3 is 5.97 Å². The van der Waals surface area contributed by atoms with Gasteiger partial charge in [0.2, 0.25) is 0 Å². The van der Waals surface area contributed by atoms with E-state index in [9.17, 15) is 18.0 Å². The van der Waals surface area contributed by atoms with E-state index in [1.807, 2.05) is 24.8 Å². The molecule has 1 N–H and O–H groups in total. The molecule has 4 rings (SSSR count). The number of hydrogen-bond acceptors (Lipinski definition) is 5. The summed E-state index contributed by atoms with van der Waals surface area (Å²) < 4.78 is 34.9. The fourth-order valence-corrected chi connectivity index (χ4v) is 8.27. The zero-order chi connectivity index (χ0) is 27.3. The molecule has 0 spiro atoms. The number of amides is 1. The third-order valence-electron chi connectivity index (χ3n) is 8.02. The number of anilines is 1. The normalized spacial score (nSPS) is 22.6. The molecule has 7 nitrogen and oxygen atoms in total. The van der Waals surface area contributed by atoms with Crippen molar-refractivity contribution in [2.45, 2.75) is 78.7 Å². The number of para-hydroxylation sites is 1. The number of rotatable bonds is 6. The third kappa shape index (κ3) is 5.40. The highest BCUT2D eigenvalue weighted by atomic mass is 32.2. The van der Waals surface area contributed by atoms with Crippen LogP contribution in [0.5, 0.6) is 0 Å². The van der Waals surface area contributed by atoms with E-state index in [4.69, 9.17) is 4.74 Å². The molecular weight excluding hydrogens is 488 g/mol. The van der Waals surface area contributed by atoms with Crippen LogP contribution in [0, 0.1) is 38.5 Å². The molecular formula is C29H38N2O5S. The van der Waals surface area contributed by atoms with E-state index >= 15 is 0 Å². The van der Waals surface area contributed by atoms with Crippen molar-refractivity contribution in [3.8, 4) is 0 Å². The second kappa shape index (κ2) is 9.46. The van der Waals surface area contributed by atoms with Crippen molar-refractivity contribution < 1.29 is 22.7 Å². The number of esters is 1. The van der Waals surface area contributed by atoms with E-state index in [1.54, 1.807) is 26.0 Å². The van der Waals surface area contributed by atoms with E-state index in [-0.39, 0.29) is 45.5 Å². The first kappa shape index (κ1) is 27.2. The van der Waals surface area contributed by atoms with E-state index in [0.717, 1.165) is 30.4 Å². The molecule has 2 aliphatic rings. The van der Waals surface area contributed by atoms with Gasteiger partial charge < -0.3 is 9.64 Å². The lowest BCUT2D eigenvalue weighted by Crippen LogP contribution is -2.39. The standard InChI is InChI=1S/C29H38N2O5S/c1-18-12-19(2)21(4)26(20(18)3)37(34,35)30-24-11-9-8-10-23(24)27(33)36-15-25(32)31-17-29(7)14-22(31)13-28(5,6)16-29/h8-12,22,30H,13-17H2,1-7H3. The van der Waals surface area contributed by atoms with Gasteiger partial charge in [-0.1, -0.05) is 39.0 Å². The van der Waals surface area contributed by atoms with Gasteiger partial charge in [-0.05, 0) is 92.2 Å². The maximum absolute atomic E-state index is 13.4. The Morgan fingerprint density at radius 1 is 1.03 bits per heavy atom. The van der Waals surface area contributed by atoms with Crippen molar-refractivity contribution >= 4 is 27.6 Å². The Bertz CT molecular complexity index is 1340. The number of sulfonamides is 1. The third-order valence-corrected chi connectivity index (χ3v) is 9.66. The van der Waals surface area contributed by atoms with Crippen LogP contribution in [0.4, 0.5) is 5.69 Å². The monoisotopic (exact) mass is 526 g/mol. The van der Waals surface area contributed by atoms with Crippen molar-refractivity contribution in [2.75, 3.05) is 17.9 Å². The minimum atomic E-state index is -3.98. The minimum absolute atomic E-state index is 0.0619. The Morgan fingerprint density at radius 3 is 2.30 bits per heavy atom. The molecule has 2 aromatic rings. The molecule has 37 heavy (non-hydrogen) atoms. The number of ether oxygens (including phenoxy) is 1. The highest BCUT2D eigenvalue weighted by Gasteiger charge is 2.51. The minimum Gasteiger partial charge on any atom is -0.452 e. The van der Waals surface area contributed by atoms with Gasteiger partial charge in [-0.25, -0.2) is 13.2 Å². The zero-order valence-corrected chi connectivity index (χ0v) is 23.7. The summed E-state index contributed by atoms with van der Waals surface area (Å²) in [4.78, 5) is 28.1. The molecule has 1 saturated heterocycles. The first-order valence-electron chi connectivity index (χ1n) is 12.8. The largest absolute Gasteiger partial charge is 0.452 e. The van der Waals surface area contributed by atoms with E-state index in [1.165, 1.54) is 12.1 Å². The first-order valence-corrected chi connectivity index (χ1v) is 14.3. The number of carbonyl (C=O) groups is 2. The molecule has 0 radical (unpaired) electrons. The second-order valence-electron chi connectivity index (χ2n) is 12.1. The number of nitrogens with zero attached hydrogens (tertiary/aromatic N) is 1. The molecule has 0 aromatic heterocycles. The van der Waals surface area contributed by atoms with Crippen LogP contribution in [0.1, 0.15) is 72.6 Å². The van der Waals surface area contributed by atoms with E-state index in [0.29, 0.717) is 17.7 Å². The molecule has 1 amide bonds. The number of likely N-dealkylation sites (tertiary alicyclic amines) is 1. The van der Waals surface area contributed by atoms with Gasteiger partial charge in [0.25, 0.3) is 15.9 Å². The molecule has 2 fully saturated rings. The highest BCUT2D eigenvalue weighted by Crippen LogP contribution is 2.52. The second-order valence-corrected chi connectivity index (χ2v) is 13.7. The average molecular weight is 527 g/mol. The predicted octanol–water partition coefficient (Wildman–Crippen LogP) is 5.31. The average Bonchev–Trinajstić information content (AvgIpc) is 3.04. The maximum Gasteiger partial charge on any atom is 0.340 e. The SMILES string of the molecule is Cc1cc(C)c(C)c(S(=O)(=O)Nc2ccccc2C(=O)OCC(=O)N2CC3(C)CC2CC(C)(C)C3)c1C. The number of benzene rings is 2. The summed E-state index contributed by atoms with van der Waals surface area (Å²) in [5.41, 5.74) is 3.50. The summed E-state index contributed by atoms with van der Waals surface area (Å²) in [7, 11) is -3.98. The lowest BCUT2D eigenvalue weighted by atomic mass is 9.65. The van der Waals surface area contributed by atoms with Crippen LogP contribution in [0.25, 0.3) is 0 Å². The van der Waals surface area contributed by atoms with Crippen LogP contribution in [0.15, 0.2) is 35.2 Å². The molecule has 1 aliphatic carbocycles. The van der Waals surface area contributed by atoms with Crippen molar-refractivity contribution in [3.63, 3.8) is 0 Å². The summed E-state index contributed by atoms with van der Waals surface area (Å²) in [5.74, 6) is -0.950. The summed E-state index contributed by atoms with van der Waals surface area (Å²) >= 11 is 0. The number of fused-ring (bicyclic) bond motifs is 2. The molecule has 2 aromatic carbocycles. The van der Waals surface area contributed by atoms with Gasteiger partial charge in [-0.3, -0.25) is 9.52 Å². The van der Waals surface area contributed by atoms with Gasteiger partial charge in [-0.2, -0.15) is 0 Å². The van der Waals surface area contributed by atoms with Crippen molar-refractivity contribution in [3.05, 3.63) is 58.1 Å². The molecule has 1 saturated carbocycles. The maximum atomic E-state index is 13.4. The molecule has 1 aliphatic heterocycles. The number of nitrogens with one attached hydrogen (secondary N) is 1. The van der Waals surface area contributed by atoms with Crippen molar-refractivity contribution in [1.82, 2.24) is 4.90 Å². The number of hydrogen-bond donors (Lipinski definition) is 1. The van der Waals surface area contributed by atoms with Gasteiger partial charge in [-0.15, -0.1) is 0 Å². The van der Waals surface area contributed by atoms with Crippen LogP contribution >= 0.6 is 0 Å². The zero-order valence-electron chi connectivity index (χ0n) is 22.9. The summed E-state index contributed by atoms with van der Waals surface area (Å²) in [5, 5.41) is 0. The Labute approximate surface area is 220 Å². The quantitative estimate of drug-likeness (QED) is 0.515. The number of carbonyl (C=O) groups excluding carboxylic acids is 2. The summed E-state index contributed by atoms with van der Waals surface area (Å²) in [6.07, 6.45) is 2.97. The Balaban J connectivity index is 1.50. The Hall–Kier alpha value is -2.87. The predicted molar refractivity (Wildman–Crippen MR) is 144 cm³/mol. The molecule has 200 valence electrons. The first-order chi connectivity index (χ1) is 17.1. The van der Waals surface area contributed by atoms with E-state index < -0.39 is 16.0 Å². The Morgan fingerprint density at radius 2 is 1.65 bits per heavy atom. The fourth-order valence-electron chi connectivity index (χ4n) is 6.57. The topological polar surface area (TPSA) is 92.8 Å². The van der Waals surface area contributed by atoms with Crippen LogP contribution < -0.4 is 4.72 Å². The summed E-state index contributed by atoms with van der Waals surface area (Å²) in [6, 6.07) is 8.42. The van der Waals surface area contributed by atoms with Gasteiger partial charge in [0.05, 0.1) is 16.1 Å². The Kier molecular flexibility index (Phi) is 6.95. The van der Waals surface area contributed by atoms with Crippen LogP contribution in [0.3, 0.4) is 0 Å². The van der Waals surface area contributed by atoms with Crippen LogP contribution in [-0.4, -0.2) is 44.4 Å². The van der Waals surface area contributed by atoms with Crippen molar-refractivity contribution in [1.29, 1.82) is 0 Å². The fraction of sp³-hybridized carbons (Fsp3) is 0.517. The summed E-state index contributed by atoms with van der Waals surface area (Å²) in [6.45, 7) is 14.3. The number of aryl methyl sites for hydroxylation is 2. The van der Waals surface area contributed by atoms with Gasteiger partial charge in [0.15, 0.2) is 6.61 Å². The lowest BCUT2D eigenvalue weighted by Gasteiger charge is -2.39. The molecule has 2 bridgehead atoms. The molecule has 1 heterocycles. The lowest BCUT2D eigenvalue weighted by molar-refractivity contribution is -0.135. The van der Waals surface area contributed by atoms with Crippen LogP contribution in [0.2, 0.25) is 0 Å². The molecule has 8 heteroatoms. The van der Waals surface area contributed by atoms with Crippen LogP contribution in [-0.2, 0) is 19.6 Å². The molecule has 2 atom stereocenters. The smallest absolute Gasteiger partial charge is 0.340 e. The highest BCUT2D eigenvalue weighted by molar-refractivity contribution is 7.92. The van der Waals surface area contributed by atoms with Crippen molar-refractivity contribution in [2.24, 2.45) is 10.8 Å².